The Morgan fingerprint density at radius 3 is 2.25 bits per heavy atom. The van der Waals surface area contributed by atoms with Crippen molar-refractivity contribution in [1.29, 1.82) is 0 Å². The van der Waals surface area contributed by atoms with Gasteiger partial charge in [0.1, 0.15) is 0 Å². The Hall–Kier alpha value is -0.0400. The van der Waals surface area contributed by atoms with E-state index in [4.69, 9.17) is 0 Å². The van der Waals surface area contributed by atoms with Crippen LogP contribution in [0.1, 0.15) is 48.9 Å². The van der Waals surface area contributed by atoms with Crippen LogP contribution in [0.25, 0.3) is 0 Å². The van der Waals surface area contributed by atoms with E-state index in [1.54, 1.807) is 0 Å². The Kier molecular flexibility index (Phi) is 2.82. The van der Waals surface area contributed by atoms with Crippen LogP contribution in [0, 0.1) is 5.92 Å². The molecule has 0 radical (unpaired) electrons. The maximum absolute atomic E-state index is 2.64. The van der Waals surface area contributed by atoms with Crippen molar-refractivity contribution in [2.45, 2.75) is 59.0 Å². The first kappa shape index (κ1) is 10.0. The first-order valence-corrected chi connectivity index (χ1v) is 5.19. The van der Waals surface area contributed by atoms with E-state index >= 15 is 0 Å². The summed E-state index contributed by atoms with van der Waals surface area (Å²) < 4.78 is 0. The Balaban J connectivity index is 0.00000144. The number of piperidine rings is 1. The molecule has 1 aliphatic heterocycles. The third kappa shape index (κ3) is 2.01. The molecule has 0 aliphatic carbocycles. The molecule has 74 valence electrons. The molecule has 1 nitrogen and oxygen atoms in total. The molecule has 0 aromatic carbocycles. The minimum absolute atomic E-state index is 0. The van der Waals surface area contributed by atoms with Gasteiger partial charge in [0.25, 0.3) is 0 Å². The van der Waals surface area contributed by atoms with E-state index in [-0.39, 0.29) is 1.43 Å². The van der Waals surface area contributed by atoms with Gasteiger partial charge in [-0.1, -0.05) is 6.92 Å². The Labute approximate surface area is 78.6 Å². The summed E-state index contributed by atoms with van der Waals surface area (Å²) >= 11 is 0. The van der Waals surface area contributed by atoms with Crippen molar-refractivity contribution in [3.05, 3.63) is 0 Å². The SMILES string of the molecule is CC1CCCN(C(C)(C)C)C1C.[2HH]. The normalized spacial score (nSPS) is 33.8. The molecule has 1 fully saturated rings. The van der Waals surface area contributed by atoms with Gasteiger partial charge in [0.2, 0.25) is 0 Å². The molecule has 2 atom stereocenters. The lowest BCUT2D eigenvalue weighted by molar-refractivity contribution is 0.0307. The molecule has 1 rings (SSSR count). The average molecular weight is 172 g/mol. The molecule has 0 spiro atoms. The zero-order valence-corrected chi connectivity index (χ0v) is 9.22. The van der Waals surface area contributed by atoms with Gasteiger partial charge in [-0.15, -0.1) is 0 Å². The summed E-state index contributed by atoms with van der Waals surface area (Å²) in [5.74, 6) is 0.873. The van der Waals surface area contributed by atoms with Crippen molar-refractivity contribution < 1.29 is 1.43 Å². The van der Waals surface area contributed by atoms with Crippen LogP contribution in [0.4, 0.5) is 0 Å². The number of hydrogen-bond donors (Lipinski definition) is 0. The molecule has 12 heavy (non-hydrogen) atoms. The zero-order valence-electron chi connectivity index (χ0n) is 9.22. The summed E-state index contributed by atoms with van der Waals surface area (Å²) in [5.41, 5.74) is 0.355. The fraction of sp³-hybridized carbons (Fsp3) is 1.00. The highest BCUT2D eigenvalue weighted by atomic mass is 15.2. The topological polar surface area (TPSA) is 3.24 Å². The summed E-state index contributed by atoms with van der Waals surface area (Å²) in [5, 5.41) is 0. The number of nitrogens with zero attached hydrogens (tertiary/aromatic N) is 1. The van der Waals surface area contributed by atoms with Crippen LogP contribution in [0.2, 0.25) is 0 Å². The molecule has 0 amide bonds. The summed E-state index contributed by atoms with van der Waals surface area (Å²) in [4.78, 5) is 2.64. The second kappa shape index (κ2) is 3.37. The predicted octanol–water partition coefficient (Wildman–Crippen LogP) is 3.15. The minimum Gasteiger partial charge on any atom is -0.296 e. The van der Waals surface area contributed by atoms with Crippen molar-refractivity contribution >= 4 is 0 Å². The number of likely N-dealkylation sites (tertiary alicyclic amines) is 1. The maximum atomic E-state index is 2.64. The summed E-state index contributed by atoms with van der Waals surface area (Å²) in [6.45, 7) is 13.0. The average Bonchev–Trinajstić information content (AvgIpc) is 1.92. The smallest absolute Gasteiger partial charge is 0.0127 e. The lowest BCUT2D eigenvalue weighted by Crippen LogP contribution is -2.52. The van der Waals surface area contributed by atoms with E-state index in [2.05, 4.69) is 39.5 Å². The molecule has 1 aliphatic rings. The van der Waals surface area contributed by atoms with E-state index in [0.717, 1.165) is 12.0 Å². The van der Waals surface area contributed by atoms with E-state index in [1.165, 1.54) is 19.4 Å². The largest absolute Gasteiger partial charge is 0.296 e. The Morgan fingerprint density at radius 1 is 1.25 bits per heavy atom. The van der Waals surface area contributed by atoms with Crippen molar-refractivity contribution in [2.75, 3.05) is 6.54 Å². The van der Waals surface area contributed by atoms with E-state index in [0.29, 0.717) is 5.54 Å². The molecule has 0 aromatic rings. The highest BCUT2D eigenvalue weighted by Gasteiger charge is 2.31. The van der Waals surface area contributed by atoms with Gasteiger partial charge in [-0.2, -0.15) is 0 Å². The van der Waals surface area contributed by atoms with Crippen molar-refractivity contribution in [2.24, 2.45) is 5.92 Å². The third-order valence-corrected chi connectivity index (χ3v) is 3.24. The molecular weight excluding hydrogens is 146 g/mol. The van der Waals surface area contributed by atoms with Crippen molar-refractivity contribution in [3.63, 3.8) is 0 Å². The second-order valence-corrected chi connectivity index (χ2v) is 5.22. The van der Waals surface area contributed by atoms with Gasteiger partial charge in [-0.25, -0.2) is 0 Å². The summed E-state index contributed by atoms with van der Waals surface area (Å²) in [6.07, 6.45) is 2.79. The monoisotopic (exact) mass is 172 g/mol. The number of hydrogen-bond acceptors (Lipinski definition) is 1. The van der Waals surface area contributed by atoms with E-state index in [9.17, 15) is 0 Å². The van der Waals surface area contributed by atoms with Crippen molar-refractivity contribution in [3.8, 4) is 0 Å². The van der Waals surface area contributed by atoms with E-state index < -0.39 is 0 Å². The van der Waals surface area contributed by atoms with Gasteiger partial charge in [0.05, 0.1) is 0 Å². The molecule has 0 N–H and O–H groups in total. The highest BCUT2D eigenvalue weighted by molar-refractivity contribution is 4.86. The van der Waals surface area contributed by atoms with Crippen LogP contribution in [0.5, 0.6) is 0 Å². The third-order valence-electron chi connectivity index (χ3n) is 3.24. The van der Waals surface area contributed by atoms with Crippen LogP contribution in [-0.4, -0.2) is 23.0 Å². The second-order valence-electron chi connectivity index (χ2n) is 5.22. The van der Waals surface area contributed by atoms with Gasteiger partial charge in [0, 0.05) is 13.0 Å². The fourth-order valence-electron chi connectivity index (χ4n) is 2.28. The number of rotatable bonds is 0. The van der Waals surface area contributed by atoms with Crippen LogP contribution in [-0.2, 0) is 0 Å². The summed E-state index contributed by atoms with van der Waals surface area (Å²) in [6, 6.07) is 0.763. The summed E-state index contributed by atoms with van der Waals surface area (Å²) in [7, 11) is 0. The highest BCUT2D eigenvalue weighted by Crippen LogP contribution is 2.28. The molecule has 1 saturated heterocycles. The standard InChI is InChI=1S/C11H23N.H2/c1-9-7-6-8-12(10(9)2)11(3,4)5;/h9-10H,6-8H2,1-5H3;1H/i;1+1. The molecular formula is C11H25N. The molecule has 0 aromatic heterocycles. The predicted molar refractivity (Wildman–Crippen MR) is 56.4 cm³/mol. The van der Waals surface area contributed by atoms with E-state index in [1.807, 2.05) is 0 Å². The lowest BCUT2D eigenvalue weighted by atomic mass is 9.88. The first-order chi connectivity index (χ1) is 5.43. The molecule has 2 unspecified atom stereocenters. The van der Waals surface area contributed by atoms with Gasteiger partial charge >= 0.3 is 0 Å². The van der Waals surface area contributed by atoms with Gasteiger partial charge < -0.3 is 0 Å². The first-order valence-electron chi connectivity index (χ1n) is 5.19. The fourth-order valence-corrected chi connectivity index (χ4v) is 2.28. The Morgan fingerprint density at radius 2 is 1.83 bits per heavy atom. The van der Waals surface area contributed by atoms with Gasteiger partial charge in [0.15, 0.2) is 0 Å². The quantitative estimate of drug-likeness (QED) is 0.542. The van der Waals surface area contributed by atoms with Gasteiger partial charge in [-0.3, -0.25) is 4.90 Å². The Bertz CT molecular complexity index is 151. The van der Waals surface area contributed by atoms with Crippen LogP contribution in [0.15, 0.2) is 0 Å². The molecule has 1 heterocycles. The van der Waals surface area contributed by atoms with Crippen LogP contribution >= 0.6 is 0 Å². The van der Waals surface area contributed by atoms with Crippen LogP contribution in [0.3, 0.4) is 0 Å². The maximum Gasteiger partial charge on any atom is 0.0127 e. The minimum atomic E-state index is 0. The lowest BCUT2D eigenvalue weighted by Gasteiger charge is -2.46. The van der Waals surface area contributed by atoms with Gasteiger partial charge in [-0.05, 0) is 53.0 Å². The van der Waals surface area contributed by atoms with Crippen molar-refractivity contribution in [1.82, 2.24) is 4.90 Å². The zero-order chi connectivity index (χ0) is 9.35. The molecule has 1 heteroatoms. The van der Waals surface area contributed by atoms with Crippen LogP contribution < -0.4 is 0 Å². The molecule has 0 bridgehead atoms. The molecule has 0 saturated carbocycles.